The molecule has 0 saturated carbocycles. The van der Waals surface area contributed by atoms with Crippen LogP contribution in [-0.4, -0.2) is 35.5 Å². The highest BCUT2D eigenvalue weighted by molar-refractivity contribution is 5.82. The summed E-state index contributed by atoms with van der Waals surface area (Å²) in [7, 11) is 4.19. The van der Waals surface area contributed by atoms with Crippen molar-refractivity contribution < 1.29 is 0 Å². The third-order valence-corrected chi connectivity index (χ3v) is 3.47. The van der Waals surface area contributed by atoms with Gasteiger partial charge < -0.3 is 9.88 Å². The van der Waals surface area contributed by atoms with Crippen LogP contribution >= 0.6 is 0 Å². The van der Waals surface area contributed by atoms with Crippen molar-refractivity contribution >= 4 is 11.0 Å². The van der Waals surface area contributed by atoms with Gasteiger partial charge in [0.15, 0.2) is 0 Å². The van der Waals surface area contributed by atoms with Crippen LogP contribution in [0.5, 0.6) is 0 Å². The van der Waals surface area contributed by atoms with Gasteiger partial charge in [-0.25, -0.2) is 4.98 Å². The van der Waals surface area contributed by atoms with E-state index < -0.39 is 0 Å². The molecular formula is C17H19N3. The molecule has 0 aliphatic heterocycles. The van der Waals surface area contributed by atoms with Crippen molar-refractivity contribution in [3.05, 3.63) is 54.1 Å². The standard InChI is InChI=1S/C17H19N3/c1-20(2)12-11-13-9-6-10-15-16(13)19-17(18-15)14-7-4-3-5-8-14/h3-10H,11-12H2,1-2H3,(H,18,19). The number of para-hydroxylation sites is 1. The minimum Gasteiger partial charge on any atom is -0.338 e. The summed E-state index contributed by atoms with van der Waals surface area (Å²) in [4.78, 5) is 10.4. The summed E-state index contributed by atoms with van der Waals surface area (Å²) in [5.74, 6) is 0.943. The predicted octanol–water partition coefficient (Wildman–Crippen LogP) is 3.33. The van der Waals surface area contributed by atoms with Crippen molar-refractivity contribution in [2.45, 2.75) is 6.42 Å². The summed E-state index contributed by atoms with van der Waals surface area (Å²) < 4.78 is 0. The van der Waals surface area contributed by atoms with Gasteiger partial charge in [-0.2, -0.15) is 0 Å². The number of fused-ring (bicyclic) bond motifs is 1. The van der Waals surface area contributed by atoms with Gasteiger partial charge in [-0.15, -0.1) is 0 Å². The first kappa shape index (κ1) is 12.9. The highest BCUT2D eigenvalue weighted by Gasteiger charge is 2.08. The van der Waals surface area contributed by atoms with Crippen molar-refractivity contribution in [3.8, 4) is 11.4 Å². The highest BCUT2D eigenvalue weighted by atomic mass is 15.0. The third kappa shape index (κ3) is 2.58. The number of aromatic amines is 1. The zero-order valence-electron chi connectivity index (χ0n) is 11.9. The van der Waals surface area contributed by atoms with Gasteiger partial charge in [0.1, 0.15) is 5.82 Å². The van der Waals surface area contributed by atoms with Crippen molar-refractivity contribution in [2.75, 3.05) is 20.6 Å². The van der Waals surface area contributed by atoms with Gasteiger partial charge >= 0.3 is 0 Å². The van der Waals surface area contributed by atoms with Crippen molar-refractivity contribution in [2.24, 2.45) is 0 Å². The molecule has 3 nitrogen and oxygen atoms in total. The topological polar surface area (TPSA) is 31.9 Å². The fourth-order valence-corrected chi connectivity index (χ4v) is 2.37. The average Bonchev–Trinajstić information content (AvgIpc) is 2.90. The molecule has 1 aromatic heterocycles. The highest BCUT2D eigenvalue weighted by Crippen LogP contribution is 2.23. The summed E-state index contributed by atoms with van der Waals surface area (Å²) >= 11 is 0. The van der Waals surface area contributed by atoms with Crippen molar-refractivity contribution in [3.63, 3.8) is 0 Å². The van der Waals surface area contributed by atoms with Gasteiger partial charge in [-0.05, 0) is 32.1 Å². The Bertz CT molecular complexity index is 699. The summed E-state index contributed by atoms with van der Waals surface area (Å²) in [6.07, 6.45) is 1.02. The quantitative estimate of drug-likeness (QED) is 0.784. The van der Waals surface area contributed by atoms with E-state index in [4.69, 9.17) is 4.98 Å². The molecule has 0 saturated heterocycles. The Kier molecular flexibility index (Phi) is 3.52. The van der Waals surface area contributed by atoms with E-state index in [1.165, 1.54) is 5.56 Å². The van der Waals surface area contributed by atoms with Gasteiger partial charge in [0.05, 0.1) is 11.0 Å². The van der Waals surface area contributed by atoms with E-state index >= 15 is 0 Å². The number of hydrogen-bond acceptors (Lipinski definition) is 2. The van der Waals surface area contributed by atoms with E-state index in [1.54, 1.807) is 0 Å². The maximum atomic E-state index is 4.79. The molecule has 3 rings (SSSR count). The molecule has 0 amide bonds. The normalized spacial score (nSPS) is 11.3. The van der Waals surface area contributed by atoms with Crippen LogP contribution in [0.25, 0.3) is 22.4 Å². The van der Waals surface area contributed by atoms with Crippen LogP contribution in [0.1, 0.15) is 5.56 Å². The minimum atomic E-state index is 0.943. The first-order valence-electron chi connectivity index (χ1n) is 6.92. The maximum absolute atomic E-state index is 4.79. The molecule has 3 heteroatoms. The van der Waals surface area contributed by atoms with E-state index in [9.17, 15) is 0 Å². The number of nitrogens with one attached hydrogen (secondary N) is 1. The van der Waals surface area contributed by atoms with Crippen LogP contribution in [0.2, 0.25) is 0 Å². The summed E-state index contributed by atoms with van der Waals surface area (Å²) in [5, 5.41) is 0. The molecule has 2 aromatic carbocycles. The number of likely N-dealkylation sites (N-methyl/N-ethyl adjacent to an activating group) is 1. The van der Waals surface area contributed by atoms with Crippen LogP contribution in [0.3, 0.4) is 0 Å². The Hall–Kier alpha value is -2.13. The lowest BCUT2D eigenvalue weighted by Gasteiger charge is -2.09. The smallest absolute Gasteiger partial charge is 0.138 e. The zero-order valence-corrected chi connectivity index (χ0v) is 11.9. The first-order valence-corrected chi connectivity index (χ1v) is 6.92. The molecule has 0 aliphatic carbocycles. The minimum absolute atomic E-state index is 0.943. The summed E-state index contributed by atoms with van der Waals surface area (Å²) in [5.41, 5.74) is 4.63. The Balaban J connectivity index is 2.00. The summed E-state index contributed by atoms with van der Waals surface area (Å²) in [6.45, 7) is 1.03. The van der Waals surface area contributed by atoms with Gasteiger partial charge in [0, 0.05) is 12.1 Å². The number of nitrogens with zero attached hydrogens (tertiary/aromatic N) is 2. The van der Waals surface area contributed by atoms with Crippen LogP contribution in [-0.2, 0) is 6.42 Å². The van der Waals surface area contributed by atoms with E-state index in [2.05, 4.69) is 54.3 Å². The van der Waals surface area contributed by atoms with Crippen LogP contribution in [0, 0.1) is 0 Å². The second kappa shape index (κ2) is 5.47. The van der Waals surface area contributed by atoms with Crippen molar-refractivity contribution in [1.82, 2.24) is 14.9 Å². The Morgan fingerprint density at radius 3 is 2.55 bits per heavy atom. The van der Waals surface area contributed by atoms with Gasteiger partial charge in [0.2, 0.25) is 0 Å². The molecule has 3 aromatic rings. The summed E-state index contributed by atoms with van der Waals surface area (Å²) in [6, 6.07) is 16.6. The molecule has 1 heterocycles. The fraction of sp³-hybridized carbons (Fsp3) is 0.235. The molecule has 1 N–H and O–H groups in total. The van der Waals surface area contributed by atoms with Crippen LogP contribution in [0.4, 0.5) is 0 Å². The molecule has 0 atom stereocenters. The second-order valence-corrected chi connectivity index (χ2v) is 5.32. The number of hydrogen-bond donors (Lipinski definition) is 1. The lowest BCUT2D eigenvalue weighted by Crippen LogP contribution is -2.15. The molecule has 0 unspecified atom stereocenters. The van der Waals surface area contributed by atoms with E-state index in [1.807, 2.05) is 18.2 Å². The Labute approximate surface area is 119 Å². The van der Waals surface area contributed by atoms with E-state index in [0.29, 0.717) is 0 Å². The molecular weight excluding hydrogens is 246 g/mol. The van der Waals surface area contributed by atoms with E-state index in [-0.39, 0.29) is 0 Å². The fourth-order valence-electron chi connectivity index (χ4n) is 2.37. The zero-order chi connectivity index (χ0) is 13.9. The first-order chi connectivity index (χ1) is 9.74. The monoisotopic (exact) mass is 265 g/mol. The average molecular weight is 265 g/mol. The molecule has 0 radical (unpaired) electrons. The van der Waals surface area contributed by atoms with Gasteiger partial charge in [0.25, 0.3) is 0 Å². The molecule has 0 bridgehead atoms. The lowest BCUT2D eigenvalue weighted by molar-refractivity contribution is 0.414. The number of imidazole rings is 1. The number of aromatic nitrogens is 2. The van der Waals surface area contributed by atoms with Gasteiger partial charge in [-0.3, -0.25) is 0 Å². The van der Waals surface area contributed by atoms with Crippen LogP contribution < -0.4 is 0 Å². The molecule has 102 valence electrons. The number of rotatable bonds is 4. The third-order valence-electron chi connectivity index (χ3n) is 3.47. The molecule has 0 spiro atoms. The maximum Gasteiger partial charge on any atom is 0.138 e. The number of H-pyrrole nitrogens is 1. The lowest BCUT2D eigenvalue weighted by atomic mass is 10.1. The molecule has 20 heavy (non-hydrogen) atoms. The number of benzene rings is 2. The molecule has 0 aliphatic rings. The largest absolute Gasteiger partial charge is 0.338 e. The predicted molar refractivity (Wildman–Crippen MR) is 83.8 cm³/mol. The Morgan fingerprint density at radius 1 is 1.00 bits per heavy atom. The molecule has 0 fully saturated rings. The Morgan fingerprint density at radius 2 is 1.80 bits per heavy atom. The van der Waals surface area contributed by atoms with Gasteiger partial charge in [-0.1, -0.05) is 42.5 Å². The van der Waals surface area contributed by atoms with E-state index in [0.717, 1.165) is 35.4 Å². The van der Waals surface area contributed by atoms with Crippen LogP contribution in [0.15, 0.2) is 48.5 Å². The second-order valence-electron chi connectivity index (χ2n) is 5.32. The van der Waals surface area contributed by atoms with Crippen molar-refractivity contribution in [1.29, 1.82) is 0 Å². The SMILES string of the molecule is CN(C)CCc1cccc2[nH]c(-c3ccccc3)nc12.